The largest absolute Gasteiger partial charge is 0.508 e. The predicted molar refractivity (Wildman–Crippen MR) is 117 cm³/mol. The molecule has 9 heteroatoms. The molecule has 4 rings (SSSR count). The standard InChI is InChI=1S/C24H24F3N3O3/c1-2-14-6-7-19-18(12-14)17-9-11-30(20(32)8-10-28-23(33)24(25,26)27)22(21(17)29-19)15-4-3-5-16(31)13-15/h3-7,12-13,22,29,31H,2,8-11H2,1H3,(H,28,33). The zero-order chi connectivity index (χ0) is 23.8. The number of alkyl halides is 3. The highest BCUT2D eigenvalue weighted by atomic mass is 19.4. The number of hydrogen-bond donors (Lipinski definition) is 3. The summed E-state index contributed by atoms with van der Waals surface area (Å²) < 4.78 is 37.3. The van der Waals surface area contributed by atoms with E-state index < -0.39 is 24.7 Å². The highest BCUT2D eigenvalue weighted by Gasteiger charge is 2.39. The molecule has 0 saturated carbocycles. The van der Waals surface area contributed by atoms with E-state index in [0.717, 1.165) is 28.6 Å². The van der Waals surface area contributed by atoms with Crippen molar-refractivity contribution in [2.24, 2.45) is 0 Å². The normalized spacial score (nSPS) is 16.0. The summed E-state index contributed by atoms with van der Waals surface area (Å²) in [7, 11) is 0. The third kappa shape index (κ3) is 4.53. The molecule has 33 heavy (non-hydrogen) atoms. The molecule has 1 unspecified atom stereocenters. The molecule has 0 spiro atoms. The van der Waals surface area contributed by atoms with Gasteiger partial charge in [0, 0.05) is 36.1 Å². The Morgan fingerprint density at radius 2 is 2.00 bits per heavy atom. The zero-order valence-electron chi connectivity index (χ0n) is 18.0. The molecule has 0 fully saturated rings. The first-order valence-corrected chi connectivity index (χ1v) is 10.8. The lowest BCUT2D eigenvalue weighted by molar-refractivity contribution is -0.173. The van der Waals surface area contributed by atoms with Gasteiger partial charge < -0.3 is 20.3 Å². The molecule has 0 bridgehead atoms. The van der Waals surface area contributed by atoms with Crippen molar-refractivity contribution in [2.45, 2.75) is 38.4 Å². The Balaban J connectivity index is 1.67. The molecular weight excluding hydrogens is 435 g/mol. The number of nitrogens with zero attached hydrogens (tertiary/aromatic N) is 1. The number of H-pyrrole nitrogens is 1. The van der Waals surface area contributed by atoms with Crippen molar-refractivity contribution in [2.75, 3.05) is 13.1 Å². The second-order valence-corrected chi connectivity index (χ2v) is 8.09. The first-order valence-electron chi connectivity index (χ1n) is 10.8. The number of carbonyl (C=O) groups excluding carboxylic acids is 2. The number of benzene rings is 2. The van der Waals surface area contributed by atoms with Crippen molar-refractivity contribution in [3.05, 3.63) is 64.8 Å². The molecule has 6 nitrogen and oxygen atoms in total. The van der Waals surface area contributed by atoms with Crippen LogP contribution < -0.4 is 5.32 Å². The molecule has 2 heterocycles. The van der Waals surface area contributed by atoms with Crippen molar-refractivity contribution in [1.29, 1.82) is 0 Å². The topological polar surface area (TPSA) is 85.4 Å². The monoisotopic (exact) mass is 459 g/mol. The lowest BCUT2D eigenvalue weighted by Gasteiger charge is -2.36. The van der Waals surface area contributed by atoms with E-state index in [-0.39, 0.29) is 18.1 Å². The van der Waals surface area contributed by atoms with Gasteiger partial charge in [-0.15, -0.1) is 0 Å². The number of aromatic amines is 1. The van der Waals surface area contributed by atoms with E-state index in [1.54, 1.807) is 28.4 Å². The average Bonchev–Trinajstić information content (AvgIpc) is 3.15. The molecule has 3 aromatic rings. The van der Waals surface area contributed by atoms with E-state index >= 15 is 0 Å². The minimum atomic E-state index is -4.99. The van der Waals surface area contributed by atoms with Gasteiger partial charge in [-0.3, -0.25) is 9.59 Å². The number of aromatic hydroxyl groups is 1. The Morgan fingerprint density at radius 1 is 1.21 bits per heavy atom. The number of aryl methyl sites for hydroxylation is 1. The zero-order valence-corrected chi connectivity index (χ0v) is 18.0. The maximum atomic E-state index is 13.0. The van der Waals surface area contributed by atoms with E-state index in [1.807, 2.05) is 12.1 Å². The first kappa shape index (κ1) is 22.7. The smallest absolute Gasteiger partial charge is 0.471 e. The number of rotatable bonds is 5. The Hall–Kier alpha value is -3.49. The second kappa shape index (κ2) is 8.80. The van der Waals surface area contributed by atoms with E-state index in [0.29, 0.717) is 18.5 Å². The predicted octanol–water partition coefficient (Wildman–Crippen LogP) is 3.98. The number of halogens is 3. The number of nitrogens with one attached hydrogen (secondary N) is 2. The molecule has 2 amide bonds. The molecule has 174 valence electrons. The van der Waals surface area contributed by atoms with Gasteiger partial charge in [-0.25, -0.2) is 0 Å². The SMILES string of the molecule is CCc1ccc2[nH]c3c(c2c1)CCN(C(=O)CCNC(=O)C(F)(F)F)C3c1cccc(O)c1. The Labute approximate surface area is 188 Å². The number of fused-ring (bicyclic) bond motifs is 3. The Morgan fingerprint density at radius 3 is 2.70 bits per heavy atom. The molecular formula is C24H24F3N3O3. The molecule has 0 saturated heterocycles. The lowest BCUT2D eigenvalue weighted by Crippen LogP contribution is -2.43. The van der Waals surface area contributed by atoms with Crippen LogP contribution in [-0.2, 0) is 22.4 Å². The number of carbonyl (C=O) groups is 2. The number of phenolic OH excluding ortho intramolecular Hbond substituents is 1. The average molecular weight is 459 g/mol. The summed E-state index contributed by atoms with van der Waals surface area (Å²) in [5.74, 6) is -2.40. The van der Waals surface area contributed by atoms with E-state index in [4.69, 9.17) is 0 Å². The minimum absolute atomic E-state index is 0.0499. The van der Waals surface area contributed by atoms with Crippen molar-refractivity contribution in [3.63, 3.8) is 0 Å². The molecule has 1 atom stereocenters. The quantitative estimate of drug-likeness (QED) is 0.540. The maximum absolute atomic E-state index is 13.0. The summed E-state index contributed by atoms with van der Waals surface area (Å²) in [6.07, 6.45) is -3.79. The summed E-state index contributed by atoms with van der Waals surface area (Å²) >= 11 is 0. The van der Waals surface area contributed by atoms with Gasteiger partial charge >= 0.3 is 12.1 Å². The highest BCUT2D eigenvalue weighted by molar-refractivity contribution is 5.87. The molecule has 3 N–H and O–H groups in total. The van der Waals surface area contributed by atoms with E-state index in [2.05, 4.69) is 18.0 Å². The van der Waals surface area contributed by atoms with Crippen LogP contribution in [0.25, 0.3) is 10.9 Å². The van der Waals surface area contributed by atoms with Gasteiger partial charge in [0.1, 0.15) is 5.75 Å². The first-order chi connectivity index (χ1) is 15.7. The van der Waals surface area contributed by atoms with E-state index in [9.17, 15) is 27.9 Å². The van der Waals surface area contributed by atoms with Gasteiger partial charge in [0.2, 0.25) is 5.91 Å². The molecule has 2 aromatic carbocycles. The molecule has 1 aliphatic rings. The Kier molecular flexibility index (Phi) is 6.05. The van der Waals surface area contributed by atoms with Crippen molar-refractivity contribution < 1.29 is 27.9 Å². The maximum Gasteiger partial charge on any atom is 0.471 e. The van der Waals surface area contributed by atoms with Gasteiger partial charge in [0.25, 0.3) is 0 Å². The molecule has 0 radical (unpaired) electrons. The summed E-state index contributed by atoms with van der Waals surface area (Å²) in [5, 5.41) is 12.9. The summed E-state index contributed by atoms with van der Waals surface area (Å²) in [6, 6.07) is 12.2. The van der Waals surface area contributed by atoms with Crippen molar-refractivity contribution >= 4 is 22.7 Å². The van der Waals surface area contributed by atoms with Crippen LogP contribution in [0, 0.1) is 0 Å². The Bertz CT molecular complexity index is 1200. The fourth-order valence-corrected chi connectivity index (χ4v) is 4.39. The van der Waals surface area contributed by atoms with Crippen LogP contribution in [0.2, 0.25) is 0 Å². The minimum Gasteiger partial charge on any atom is -0.508 e. The van der Waals surface area contributed by atoms with Crippen LogP contribution >= 0.6 is 0 Å². The van der Waals surface area contributed by atoms with Crippen LogP contribution in [0.15, 0.2) is 42.5 Å². The molecule has 1 aliphatic heterocycles. The second-order valence-electron chi connectivity index (χ2n) is 8.09. The van der Waals surface area contributed by atoms with Crippen LogP contribution in [-0.4, -0.2) is 46.1 Å². The van der Waals surface area contributed by atoms with Crippen LogP contribution in [0.3, 0.4) is 0 Å². The number of aromatic nitrogens is 1. The number of hydrogen-bond acceptors (Lipinski definition) is 3. The third-order valence-corrected chi connectivity index (χ3v) is 5.99. The molecule has 0 aliphatic carbocycles. The van der Waals surface area contributed by atoms with Gasteiger partial charge in [0.05, 0.1) is 6.04 Å². The summed E-state index contributed by atoms with van der Waals surface area (Å²) in [5.41, 5.74) is 4.72. The fraction of sp³-hybridized carbons (Fsp3) is 0.333. The van der Waals surface area contributed by atoms with Gasteiger partial charge in [-0.05, 0) is 53.8 Å². The van der Waals surface area contributed by atoms with Crippen LogP contribution in [0.5, 0.6) is 5.75 Å². The summed E-state index contributed by atoms with van der Waals surface area (Å²) in [6.45, 7) is 2.02. The van der Waals surface area contributed by atoms with Gasteiger partial charge in [-0.2, -0.15) is 13.2 Å². The van der Waals surface area contributed by atoms with E-state index in [1.165, 1.54) is 11.6 Å². The molecule has 1 aromatic heterocycles. The van der Waals surface area contributed by atoms with Gasteiger partial charge in [0.15, 0.2) is 0 Å². The van der Waals surface area contributed by atoms with Crippen molar-refractivity contribution in [3.8, 4) is 5.75 Å². The highest BCUT2D eigenvalue weighted by Crippen LogP contribution is 2.39. The summed E-state index contributed by atoms with van der Waals surface area (Å²) in [4.78, 5) is 29.1. The van der Waals surface area contributed by atoms with Crippen molar-refractivity contribution in [1.82, 2.24) is 15.2 Å². The van der Waals surface area contributed by atoms with Crippen LogP contribution in [0.1, 0.15) is 41.8 Å². The number of phenols is 1. The number of amides is 2. The lowest BCUT2D eigenvalue weighted by atomic mass is 9.91. The van der Waals surface area contributed by atoms with Crippen LogP contribution in [0.4, 0.5) is 13.2 Å². The third-order valence-electron chi connectivity index (χ3n) is 5.99. The fourth-order valence-electron chi connectivity index (χ4n) is 4.39. The van der Waals surface area contributed by atoms with Gasteiger partial charge in [-0.1, -0.05) is 25.1 Å².